The van der Waals surface area contributed by atoms with Gasteiger partial charge in [0.2, 0.25) is 0 Å². The van der Waals surface area contributed by atoms with E-state index in [-0.39, 0.29) is 0 Å². The Morgan fingerprint density at radius 1 is 1.56 bits per heavy atom. The van der Waals surface area contributed by atoms with Gasteiger partial charge in [-0.15, -0.1) is 0 Å². The highest BCUT2D eigenvalue weighted by molar-refractivity contribution is 7.91. The highest BCUT2D eigenvalue weighted by Gasteiger charge is 2.33. The molecule has 5 heteroatoms. The van der Waals surface area contributed by atoms with Crippen molar-refractivity contribution in [1.29, 1.82) is 0 Å². The van der Waals surface area contributed by atoms with Crippen molar-refractivity contribution < 1.29 is 8.42 Å². The zero-order chi connectivity index (χ0) is 13.0. The standard InChI is InChI=1S/C13H21NO2S2/c1-2-14-8-13(7-11-3-5-17-9-11)12-4-6-18(15,16)10-12/h3,5,9,12-14H,2,4,6-8,10H2,1H3. The van der Waals surface area contributed by atoms with Gasteiger partial charge in [0.25, 0.3) is 0 Å². The average molecular weight is 287 g/mol. The first-order chi connectivity index (χ1) is 8.61. The Hall–Kier alpha value is -0.390. The predicted octanol–water partition coefficient (Wildman–Crippen LogP) is 1.95. The molecule has 0 aliphatic carbocycles. The molecule has 1 fully saturated rings. The topological polar surface area (TPSA) is 46.2 Å². The molecule has 102 valence electrons. The van der Waals surface area contributed by atoms with Crippen LogP contribution in [0.2, 0.25) is 0 Å². The van der Waals surface area contributed by atoms with E-state index in [0.717, 1.165) is 25.9 Å². The SMILES string of the molecule is CCNCC(Cc1ccsc1)C1CCS(=O)(=O)C1. The fourth-order valence-electron chi connectivity index (χ4n) is 2.64. The van der Waals surface area contributed by atoms with Gasteiger partial charge in [0.1, 0.15) is 0 Å². The van der Waals surface area contributed by atoms with Gasteiger partial charge in [0.05, 0.1) is 11.5 Å². The fraction of sp³-hybridized carbons (Fsp3) is 0.692. The summed E-state index contributed by atoms with van der Waals surface area (Å²) in [5.41, 5.74) is 1.34. The largest absolute Gasteiger partial charge is 0.317 e. The van der Waals surface area contributed by atoms with Gasteiger partial charge in [-0.2, -0.15) is 11.3 Å². The summed E-state index contributed by atoms with van der Waals surface area (Å²) in [6, 6.07) is 2.15. The van der Waals surface area contributed by atoms with E-state index in [1.54, 1.807) is 11.3 Å². The van der Waals surface area contributed by atoms with Crippen LogP contribution in [0.4, 0.5) is 0 Å². The molecule has 0 aromatic carbocycles. The van der Waals surface area contributed by atoms with E-state index in [2.05, 4.69) is 29.1 Å². The second-order valence-electron chi connectivity index (χ2n) is 5.07. The van der Waals surface area contributed by atoms with E-state index in [4.69, 9.17) is 0 Å². The first kappa shape index (κ1) is 14.0. The Kier molecular flexibility index (Phi) is 4.81. The van der Waals surface area contributed by atoms with Crippen LogP contribution in [0.15, 0.2) is 16.8 Å². The molecule has 1 aliphatic heterocycles. The van der Waals surface area contributed by atoms with Crippen molar-refractivity contribution >= 4 is 21.2 Å². The Balaban J connectivity index is 2.01. The first-order valence-corrected chi connectivity index (χ1v) is 9.29. The van der Waals surface area contributed by atoms with Crippen LogP contribution in [-0.2, 0) is 16.3 Å². The highest BCUT2D eigenvalue weighted by atomic mass is 32.2. The minimum atomic E-state index is -2.77. The Morgan fingerprint density at radius 2 is 2.39 bits per heavy atom. The molecule has 2 rings (SSSR count). The molecular formula is C13H21NO2S2. The van der Waals surface area contributed by atoms with E-state index in [0.29, 0.717) is 23.3 Å². The van der Waals surface area contributed by atoms with Crippen LogP contribution in [-0.4, -0.2) is 33.0 Å². The number of nitrogens with one attached hydrogen (secondary N) is 1. The van der Waals surface area contributed by atoms with Gasteiger partial charge in [-0.05, 0) is 60.2 Å². The lowest BCUT2D eigenvalue weighted by Gasteiger charge is -2.22. The molecule has 1 N–H and O–H groups in total. The van der Waals surface area contributed by atoms with E-state index in [9.17, 15) is 8.42 Å². The van der Waals surface area contributed by atoms with Gasteiger partial charge >= 0.3 is 0 Å². The van der Waals surface area contributed by atoms with Crippen molar-refractivity contribution in [1.82, 2.24) is 5.32 Å². The lowest BCUT2D eigenvalue weighted by atomic mass is 9.87. The van der Waals surface area contributed by atoms with Crippen molar-refractivity contribution in [3.8, 4) is 0 Å². The van der Waals surface area contributed by atoms with Gasteiger partial charge in [-0.3, -0.25) is 0 Å². The van der Waals surface area contributed by atoms with E-state index >= 15 is 0 Å². The summed E-state index contributed by atoms with van der Waals surface area (Å²) < 4.78 is 23.2. The van der Waals surface area contributed by atoms with Crippen molar-refractivity contribution in [3.63, 3.8) is 0 Å². The summed E-state index contributed by atoms with van der Waals surface area (Å²) in [7, 11) is -2.77. The molecule has 0 saturated carbocycles. The molecule has 1 aromatic rings. The van der Waals surface area contributed by atoms with Gasteiger partial charge in [-0.1, -0.05) is 6.92 Å². The van der Waals surface area contributed by atoms with E-state index < -0.39 is 9.84 Å². The molecule has 0 spiro atoms. The zero-order valence-corrected chi connectivity index (χ0v) is 12.4. The van der Waals surface area contributed by atoms with Gasteiger partial charge in [0.15, 0.2) is 9.84 Å². The fourth-order valence-corrected chi connectivity index (χ4v) is 5.24. The third kappa shape index (κ3) is 3.80. The lowest BCUT2D eigenvalue weighted by Crippen LogP contribution is -2.30. The second-order valence-corrected chi connectivity index (χ2v) is 8.08. The van der Waals surface area contributed by atoms with Crippen LogP contribution in [0, 0.1) is 11.8 Å². The lowest BCUT2D eigenvalue weighted by molar-refractivity contribution is 0.346. The van der Waals surface area contributed by atoms with Crippen LogP contribution in [0.25, 0.3) is 0 Å². The normalized spacial score (nSPS) is 24.2. The summed E-state index contributed by atoms with van der Waals surface area (Å²) >= 11 is 1.71. The minimum absolute atomic E-state index is 0.328. The highest BCUT2D eigenvalue weighted by Crippen LogP contribution is 2.28. The Bertz CT molecular complexity index is 453. The molecule has 0 bridgehead atoms. The van der Waals surface area contributed by atoms with Gasteiger partial charge in [0, 0.05) is 0 Å². The summed E-state index contributed by atoms with van der Waals surface area (Å²) in [5.74, 6) is 1.53. The quantitative estimate of drug-likeness (QED) is 0.870. The summed E-state index contributed by atoms with van der Waals surface area (Å²) in [5, 5.41) is 7.63. The maximum Gasteiger partial charge on any atom is 0.150 e. The third-order valence-corrected chi connectivity index (χ3v) is 6.19. The molecule has 2 unspecified atom stereocenters. The van der Waals surface area contributed by atoms with Gasteiger partial charge < -0.3 is 5.32 Å². The molecule has 1 saturated heterocycles. The van der Waals surface area contributed by atoms with Crippen molar-refractivity contribution in [3.05, 3.63) is 22.4 Å². The number of thiophene rings is 1. The maximum absolute atomic E-state index is 11.6. The minimum Gasteiger partial charge on any atom is -0.317 e. The molecule has 3 nitrogen and oxygen atoms in total. The van der Waals surface area contributed by atoms with E-state index in [1.807, 2.05) is 0 Å². The Morgan fingerprint density at radius 3 is 2.94 bits per heavy atom. The van der Waals surface area contributed by atoms with Crippen LogP contribution in [0.1, 0.15) is 18.9 Å². The monoisotopic (exact) mass is 287 g/mol. The number of rotatable bonds is 6. The molecular weight excluding hydrogens is 266 g/mol. The molecule has 1 aliphatic rings. The number of hydrogen-bond donors (Lipinski definition) is 1. The van der Waals surface area contributed by atoms with Crippen LogP contribution < -0.4 is 5.32 Å². The average Bonchev–Trinajstić information content (AvgIpc) is 2.93. The van der Waals surface area contributed by atoms with E-state index in [1.165, 1.54) is 5.56 Å². The second kappa shape index (κ2) is 6.17. The van der Waals surface area contributed by atoms with Crippen LogP contribution >= 0.6 is 11.3 Å². The molecule has 1 aromatic heterocycles. The molecule has 18 heavy (non-hydrogen) atoms. The van der Waals surface area contributed by atoms with Crippen LogP contribution in [0.3, 0.4) is 0 Å². The van der Waals surface area contributed by atoms with Crippen LogP contribution in [0.5, 0.6) is 0 Å². The summed E-state index contributed by atoms with van der Waals surface area (Å²) in [6.07, 6.45) is 1.83. The van der Waals surface area contributed by atoms with Crippen molar-refractivity contribution in [2.45, 2.75) is 19.8 Å². The molecule has 0 amide bonds. The molecule has 2 heterocycles. The molecule has 2 atom stereocenters. The number of sulfone groups is 1. The number of hydrogen-bond acceptors (Lipinski definition) is 4. The third-order valence-electron chi connectivity index (χ3n) is 3.67. The van der Waals surface area contributed by atoms with Gasteiger partial charge in [-0.25, -0.2) is 8.42 Å². The molecule has 0 radical (unpaired) electrons. The maximum atomic E-state index is 11.6. The smallest absolute Gasteiger partial charge is 0.150 e. The predicted molar refractivity (Wildman–Crippen MR) is 76.8 cm³/mol. The van der Waals surface area contributed by atoms with Crippen molar-refractivity contribution in [2.75, 3.05) is 24.6 Å². The zero-order valence-electron chi connectivity index (χ0n) is 10.8. The first-order valence-electron chi connectivity index (χ1n) is 6.53. The summed E-state index contributed by atoms with van der Waals surface area (Å²) in [6.45, 7) is 3.96. The Labute approximate surface area is 114 Å². The summed E-state index contributed by atoms with van der Waals surface area (Å²) in [4.78, 5) is 0. The van der Waals surface area contributed by atoms with Crippen molar-refractivity contribution in [2.24, 2.45) is 11.8 Å².